The van der Waals surface area contributed by atoms with Crippen molar-refractivity contribution in [2.24, 2.45) is 0 Å². The summed E-state index contributed by atoms with van der Waals surface area (Å²) >= 11 is 11.6. The molecule has 3 heteroatoms. The molecule has 2 aromatic rings. The highest BCUT2D eigenvalue weighted by atomic mass is 35.9. The van der Waals surface area contributed by atoms with Crippen molar-refractivity contribution in [3.8, 4) is 0 Å². The van der Waals surface area contributed by atoms with E-state index in [-0.39, 0.29) is 0 Å². The monoisotopic (exact) mass is 256 g/mol. The van der Waals surface area contributed by atoms with Crippen LogP contribution in [-0.2, 0) is 6.42 Å². The minimum atomic E-state index is -0.835. The predicted octanol–water partition coefficient (Wildman–Crippen LogP) is 5.17. The Balaban J connectivity index is 2.34. The van der Waals surface area contributed by atoms with E-state index in [4.69, 9.17) is 22.5 Å². The summed E-state index contributed by atoms with van der Waals surface area (Å²) in [5.74, 6) is 0. The van der Waals surface area contributed by atoms with Crippen molar-refractivity contribution in [1.29, 1.82) is 0 Å². The number of fused-ring (bicyclic) bond motifs is 1. The van der Waals surface area contributed by atoms with Crippen LogP contribution in [0, 0.1) is 0 Å². The Morgan fingerprint density at radius 1 is 0.933 bits per heavy atom. The van der Waals surface area contributed by atoms with Gasteiger partial charge < -0.3 is 0 Å². The maximum atomic E-state index is 5.81. The number of aryl methyl sites for hydroxylation is 1. The number of hydrogen-bond acceptors (Lipinski definition) is 0. The van der Waals surface area contributed by atoms with Crippen molar-refractivity contribution >= 4 is 39.9 Å². The molecule has 0 radical (unpaired) electrons. The van der Waals surface area contributed by atoms with Crippen LogP contribution in [0.2, 0.25) is 0 Å². The van der Waals surface area contributed by atoms with Gasteiger partial charge >= 0.3 is 0 Å². The van der Waals surface area contributed by atoms with E-state index in [0.29, 0.717) is 0 Å². The van der Waals surface area contributed by atoms with Crippen molar-refractivity contribution in [2.45, 2.75) is 6.42 Å². The Kier molecular flexibility index (Phi) is 3.86. The fourth-order valence-corrected chi connectivity index (χ4v) is 2.63. The summed E-state index contributed by atoms with van der Waals surface area (Å²) in [6.07, 6.45) is 1.83. The van der Waals surface area contributed by atoms with Gasteiger partial charge in [0.05, 0.1) is 6.63 Å². The highest BCUT2D eigenvalue weighted by Crippen LogP contribution is 2.47. The van der Waals surface area contributed by atoms with Gasteiger partial charge in [0.1, 0.15) is 0 Å². The average molecular weight is 257 g/mol. The van der Waals surface area contributed by atoms with Gasteiger partial charge in [-0.05, 0) is 28.9 Å². The van der Waals surface area contributed by atoms with Crippen molar-refractivity contribution in [2.75, 3.05) is 6.16 Å². The molecule has 0 N–H and O–H groups in total. The van der Waals surface area contributed by atoms with Gasteiger partial charge in [-0.15, -0.1) is 0 Å². The van der Waals surface area contributed by atoms with E-state index in [0.717, 1.165) is 12.6 Å². The van der Waals surface area contributed by atoms with E-state index < -0.39 is 6.63 Å². The standard InChI is InChI=1S/C12H11Cl2P/c13-15(14)9-8-11-6-3-5-10-4-1-2-7-12(10)11/h1-7H,8-9H2. The molecule has 0 aromatic heterocycles. The van der Waals surface area contributed by atoms with Crippen LogP contribution in [0.5, 0.6) is 0 Å². The number of rotatable bonds is 3. The first-order valence-corrected chi connectivity index (χ1v) is 8.17. The van der Waals surface area contributed by atoms with E-state index in [9.17, 15) is 0 Å². The molecule has 0 heterocycles. The van der Waals surface area contributed by atoms with E-state index in [1.165, 1.54) is 16.3 Å². The summed E-state index contributed by atoms with van der Waals surface area (Å²) in [7, 11) is 0. The molecular formula is C12H11Cl2P. The molecule has 0 amide bonds. The quantitative estimate of drug-likeness (QED) is 0.665. The lowest BCUT2D eigenvalue weighted by molar-refractivity contribution is 1.18. The first-order chi connectivity index (χ1) is 7.27. The lowest BCUT2D eigenvalue weighted by Crippen LogP contribution is -1.89. The van der Waals surface area contributed by atoms with E-state index >= 15 is 0 Å². The maximum absolute atomic E-state index is 5.81. The van der Waals surface area contributed by atoms with Crippen LogP contribution in [0.4, 0.5) is 0 Å². The zero-order valence-electron chi connectivity index (χ0n) is 8.16. The number of halogens is 2. The predicted molar refractivity (Wildman–Crippen MR) is 71.1 cm³/mol. The fourth-order valence-electron chi connectivity index (χ4n) is 1.72. The SMILES string of the molecule is ClP(Cl)CCc1cccc2ccccc12. The number of hydrogen-bond donors (Lipinski definition) is 0. The molecule has 0 atom stereocenters. The molecule has 15 heavy (non-hydrogen) atoms. The van der Waals surface area contributed by atoms with Gasteiger partial charge in [0.2, 0.25) is 0 Å². The fraction of sp³-hybridized carbons (Fsp3) is 0.167. The van der Waals surface area contributed by atoms with Crippen LogP contribution in [0.1, 0.15) is 5.56 Å². The van der Waals surface area contributed by atoms with Gasteiger partial charge in [0, 0.05) is 0 Å². The van der Waals surface area contributed by atoms with Gasteiger partial charge in [0.25, 0.3) is 0 Å². The minimum absolute atomic E-state index is 0.835. The highest BCUT2D eigenvalue weighted by molar-refractivity contribution is 8.03. The first-order valence-electron chi connectivity index (χ1n) is 4.83. The Hall–Kier alpha value is -0.290. The third-order valence-corrected chi connectivity index (χ3v) is 4.01. The van der Waals surface area contributed by atoms with Crippen LogP contribution in [0.15, 0.2) is 42.5 Å². The van der Waals surface area contributed by atoms with Crippen molar-refractivity contribution in [3.63, 3.8) is 0 Å². The molecule has 0 bridgehead atoms. The van der Waals surface area contributed by atoms with E-state index in [2.05, 4.69) is 42.5 Å². The average Bonchev–Trinajstić information content (AvgIpc) is 2.26. The summed E-state index contributed by atoms with van der Waals surface area (Å²) < 4.78 is 0. The molecule has 0 saturated carbocycles. The third-order valence-electron chi connectivity index (χ3n) is 2.43. The van der Waals surface area contributed by atoms with Crippen LogP contribution in [0.3, 0.4) is 0 Å². The lowest BCUT2D eigenvalue weighted by atomic mass is 10.0. The molecule has 0 spiro atoms. The Labute approximate surface area is 101 Å². The van der Waals surface area contributed by atoms with Crippen molar-refractivity contribution in [3.05, 3.63) is 48.0 Å². The zero-order chi connectivity index (χ0) is 10.7. The highest BCUT2D eigenvalue weighted by Gasteiger charge is 2.03. The molecule has 2 aromatic carbocycles. The third kappa shape index (κ3) is 2.84. The van der Waals surface area contributed by atoms with E-state index in [1.807, 2.05) is 0 Å². The second-order valence-corrected chi connectivity index (χ2v) is 7.44. The molecular weight excluding hydrogens is 246 g/mol. The van der Waals surface area contributed by atoms with Crippen LogP contribution in [0.25, 0.3) is 10.8 Å². The van der Waals surface area contributed by atoms with Gasteiger partial charge in [-0.25, -0.2) is 0 Å². The van der Waals surface area contributed by atoms with Gasteiger partial charge in [-0.2, -0.15) is 0 Å². The summed E-state index contributed by atoms with van der Waals surface area (Å²) in [5.41, 5.74) is 1.34. The van der Waals surface area contributed by atoms with Crippen molar-refractivity contribution in [1.82, 2.24) is 0 Å². The van der Waals surface area contributed by atoms with Gasteiger partial charge in [0.15, 0.2) is 0 Å². The van der Waals surface area contributed by atoms with Gasteiger partial charge in [-0.3, -0.25) is 0 Å². The second kappa shape index (κ2) is 5.16. The normalized spacial score (nSPS) is 11.1. The molecule has 0 nitrogen and oxygen atoms in total. The smallest absolute Gasteiger partial charge is 0.0781 e. The van der Waals surface area contributed by atoms with Crippen molar-refractivity contribution < 1.29 is 0 Å². The number of benzene rings is 2. The van der Waals surface area contributed by atoms with Gasteiger partial charge in [-0.1, -0.05) is 64.9 Å². The molecule has 0 aliphatic rings. The minimum Gasteiger partial charge on any atom is -0.0781 e. The van der Waals surface area contributed by atoms with Crippen LogP contribution in [-0.4, -0.2) is 6.16 Å². The molecule has 0 fully saturated rings. The maximum Gasteiger partial charge on any atom is 0.0858 e. The molecule has 0 unspecified atom stereocenters. The summed E-state index contributed by atoms with van der Waals surface area (Å²) in [4.78, 5) is 0. The molecule has 0 aliphatic heterocycles. The van der Waals surface area contributed by atoms with Crippen LogP contribution < -0.4 is 0 Å². The Morgan fingerprint density at radius 3 is 2.47 bits per heavy atom. The first kappa shape index (κ1) is 11.2. The summed E-state index contributed by atoms with van der Waals surface area (Å²) in [5, 5.41) is 2.59. The molecule has 78 valence electrons. The molecule has 0 aliphatic carbocycles. The molecule has 2 rings (SSSR count). The van der Waals surface area contributed by atoms with Crippen LogP contribution >= 0.6 is 29.1 Å². The zero-order valence-corrected chi connectivity index (χ0v) is 10.6. The molecule has 0 saturated heterocycles. The largest absolute Gasteiger partial charge is 0.0858 e. The topological polar surface area (TPSA) is 0 Å². The summed E-state index contributed by atoms with van der Waals surface area (Å²) in [6, 6.07) is 14.8. The summed E-state index contributed by atoms with van der Waals surface area (Å²) in [6.45, 7) is -0.835. The Bertz CT molecular complexity index is 449. The second-order valence-electron chi connectivity index (χ2n) is 3.41. The lowest BCUT2D eigenvalue weighted by Gasteiger charge is -2.06. The Morgan fingerprint density at radius 2 is 1.67 bits per heavy atom. The van der Waals surface area contributed by atoms with E-state index in [1.54, 1.807) is 0 Å².